The van der Waals surface area contributed by atoms with Crippen molar-refractivity contribution < 1.29 is 35.2 Å². The van der Waals surface area contributed by atoms with Gasteiger partial charge in [0.2, 0.25) is 5.78 Å². The van der Waals surface area contributed by atoms with Crippen LogP contribution in [0.3, 0.4) is 0 Å². The van der Waals surface area contributed by atoms with Gasteiger partial charge in [-0.05, 0) is 36.4 Å². The minimum atomic E-state index is -4.80. The standard InChI is InChI=1S/C20H10ClF4N3O5S/c21-10-7-14(28-34(31,32)11-3-1-2-9(6-11)20(23,24)25)16(26-8-10)17(29)15-12(22)4-5-13-18(15)33-19(30)27-13/h1-8,28H,(H,27,30). The van der Waals surface area contributed by atoms with Gasteiger partial charge in [-0.1, -0.05) is 17.7 Å². The fourth-order valence-corrected chi connectivity index (χ4v) is 4.32. The Balaban J connectivity index is 1.81. The molecule has 2 heterocycles. The Morgan fingerprint density at radius 3 is 2.59 bits per heavy atom. The average molecular weight is 516 g/mol. The van der Waals surface area contributed by atoms with Gasteiger partial charge in [0.05, 0.1) is 26.7 Å². The number of anilines is 1. The lowest BCUT2D eigenvalue weighted by Crippen LogP contribution is -2.18. The Morgan fingerprint density at radius 1 is 1.15 bits per heavy atom. The summed E-state index contributed by atoms with van der Waals surface area (Å²) < 4.78 is 85.9. The molecule has 0 aliphatic heterocycles. The lowest BCUT2D eigenvalue weighted by atomic mass is 10.0. The number of carbonyl (C=O) groups is 1. The number of fused-ring (bicyclic) bond motifs is 1. The highest BCUT2D eigenvalue weighted by molar-refractivity contribution is 7.92. The lowest BCUT2D eigenvalue weighted by molar-refractivity contribution is -0.137. The molecule has 0 saturated heterocycles. The van der Waals surface area contributed by atoms with Crippen molar-refractivity contribution in [2.45, 2.75) is 11.1 Å². The maximum atomic E-state index is 14.5. The topological polar surface area (TPSA) is 122 Å². The number of aromatic amines is 1. The summed E-state index contributed by atoms with van der Waals surface area (Å²) in [5.41, 5.74) is -3.55. The van der Waals surface area contributed by atoms with Crippen LogP contribution in [0, 0.1) is 5.82 Å². The van der Waals surface area contributed by atoms with E-state index in [-0.39, 0.29) is 10.5 Å². The second-order valence-electron chi connectivity index (χ2n) is 6.82. The molecule has 2 aromatic carbocycles. The molecule has 176 valence electrons. The monoisotopic (exact) mass is 515 g/mol. The van der Waals surface area contributed by atoms with Crippen LogP contribution >= 0.6 is 11.6 Å². The molecule has 2 aromatic heterocycles. The molecule has 0 radical (unpaired) electrons. The Kier molecular flexibility index (Phi) is 5.69. The van der Waals surface area contributed by atoms with Gasteiger partial charge >= 0.3 is 11.9 Å². The number of nitrogens with one attached hydrogen (secondary N) is 2. The number of hydrogen-bond donors (Lipinski definition) is 2. The highest BCUT2D eigenvalue weighted by Crippen LogP contribution is 2.32. The van der Waals surface area contributed by atoms with E-state index >= 15 is 0 Å². The first-order valence-electron chi connectivity index (χ1n) is 9.08. The van der Waals surface area contributed by atoms with Gasteiger partial charge in [-0.2, -0.15) is 13.2 Å². The van der Waals surface area contributed by atoms with Crippen LogP contribution in [0.2, 0.25) is 5.02 Å². The van der Waals surface area contributed by atoms with Gasteiger partial charge in [-0.25, -0.2) is 22.6 Å². The maximum Gasteiger partial charge on any atom is 0.417 e. The highest BCUT2D eigenvalue weighted by atomic mass is 35.5. The second-order valence-corrected chi connectivity index (χ2v) is 8.94. The number of rotatable bonds is 5. The van der Waals surface area contributed by atoms with Crippen molar-refractivity contribution in [2.24, 2.45) is 0 Å². The average Bonchev–Trinajstić information content (AvgIpc) is 3.13. The zero-order valence-corrected chi connectivity index (χ0v) is 18.0. The van der Waals surface area contributed by atoms with Crippen molar-refractivity contribution in [3.05, 3.63) is 86.9 Å². The Bertz CT molecular complexity index is 1610. The molecular formula is C20H10ClF4N3O5S. The highest BCUT2D eigenvalue weighted by Gasteiger charge is 2.32. The first-order chi connectivity index (χ1) is 15.9. The van der Waals surface area contributed by atoms with Crippen molar-refractivity contribution in [2.75, 3.05) is 4.72 Å². The van der Waals surface area contributed by atoms with Crippen LogP contribution in [-0.2, 0) is 16.2 Å². The largest absolute Gasteiger partial charge is 0.417 e. The predicted octanol–water partition coefficient (Wildman–Crippen LogP) is 4.36. The quantitative estimate of drug-likeness (QED) is 0.301. The van der Waals surface area contributed by atoms with Crippen LogP contribution < -0.4 is 10.5 Å². The van der Waals surface area contributed by atoms with Gasteiger partial charge < -0.3 is 4.42 Å². The fraction of sp³-hybridized carbons (Fsp3) is 0.0500. The molecule has 8 nitrogen and oxygen atoms in total. The predicted molar refractivity (Wildman–Crippen MR) is 112 cm³/mol. The summed E-state index contributed by atoms with van der Waals surface area (Å²) in [7, 11) is -4.67. The molecule has 4 aromatic rings. The van der Waals surface area contributed by atoms with Crippen molar-refractivity contribution >= 4 is 44.2 Å². The number of sulfonamides is 1. The second kappa shape index (κ2) is 8.25. The first-order valence-corrected chi connectivity index (χ1v) is 10.9. The molecule has 0 bridgehead atoms. The molecule has 0 aliphatic rings. The number of pyridine rings is 1. The molecule has 14 heteroatoms. The molecule has 2 N–H and O–H groups in total. The zero-order chi connectivity index (χ0) is 24.8. The number of halogens is 5. The van der Waals surface area contributed by atoms with E-state index in [1.807, 2.05) is 4.72 Å². The van der Waals surface area contributed by atoms with E-state index in [9.17, 15) is 35.6 Å². The van der Waals surface area contributed by atoms with Crippen molar-refractivity contribution in [3.63, 3.8) is 0 Å². The Hall–Kier alpha value is -3.71. The molecule has 0 atom stereocenters. The lowest BCUT2D eigenvalue weighted by Gasteiger charge is -2.13. The third-order valence-corrected chi connectivity index (χ3v) is 6.12. The van der Waals surface area contributed by atoms with Crippen LogP contribution in [0.25, 0.3) is 11.1 Å². The van der Waals surface area contributed by atoms with Gasteiger partial charge in [-0.15, -0.1) is 0 Å². The number of benzene rings is 2. The van der Waals surface area contributed by atoms with E-state index in [1.54, 1.807) is 0 Å². The van der Waals surface area contributed by atoms with Gasteiger partial charge in [0, 0.05) is 6.20 Å². The van der Waals surface area contributed by atoms with Crippen molar-refractivity contribution in [1.82, 2.24) is 9.97 Å². The molecule has 0 saturated carbocycles. The summed E-state index contributed by atoms with van der Waals surface area (Å²) in [5.74, 6) is -3.24. The molecular weight excluding hydrogens is 506 g/mol. The van der Waals surface area contributed by atoms with Crippen LogP contribution in [0.4, 0.5) is 23.2 Å². The minimum Gasteiger partial charge on any atom is -0.407 e. The minimum absolute atomic E-state index is 0.00481. The van der Waals surface area contributed by atoms with E-state index < -0.39 is 66.5 Å². The Morgan fingerprint density at radius 2 is 1.88 bits per heavy atom. The third-order valence-electron chi connectivity index (χ3n) is 4.55. The van der Waals surface area contributed by atoms with Gasteiger partial charge in [-0.3, -0.25) is 14.5 Å². The number of nitrogens with zero attached hydrogens (tertiary/aromatic N) is 1. The van der Waals surface area contributed by atoms with Crippen LogP contribution in [0.15, 0.2) is 62.8 Å². The number of oxazole rings is 1. The van der Waals surface area contributed by atoms with E-state index in [1.165, 1.54) is 0 Å². The van der Waals surface area contributed by atoms with Crippen molar-refractivity contribution in [1.29, 1.82) is 0 Å². The maximum absolute atomic E-state index is 14.5. The van der Waals surface area contributed by atoms with Crippen LogP contribution in [0.5, 0.6) is 0 Å². The van der Waals surface area contributed by atoms with Crippen molar-refractivity contribution in [3.8, 4) is 0 Å². The summed E-state index contributed by atoms with van der Waals surface area (Å²) >= 11 is 5.86. The summed E-state index contributed by atoms with van der Waals surface area (Å²) in [6, 6.07) is 5.88. The normalized spacial score (nSPS) is 12.1. The number of H-pyrrole nitrogens is 1. The molecule has 34 heavy (non-hydrogen) atoms. The first kappa shape index (κ1) is 23.4. The number of hydrogen-bond acceptors (Lipinski definition) is 6. The molecule has 0 unspecified atom stereocenters. The molecule has 4 rings (SSSR count). The Labute approximate surface area is 192 Å². The number of alkyl halides is 3. The number of aromatic nitrogens is 2. The number of carbonyl (C=O) groups excluding carboxylic acids is 1. The van der Waals surface area contributed by atoms with Gasteiger partial charge in [0.25, 0.3) is 10.0 Å². The van der Waals surface area contributed by atoms with E-state index in [0.29, 0.717) is 12.1 Å². The summed E-state index contributed by atoms with van der Waals surface area (Å²) in [6.07, 6.45) is -3.83. The fourth-order valence-electron chi connectivity index (χ4n) is 3.06. The summed E-state index contributed by atoms with van der Waals surface area (Å²) in [4.78, 5) is 29.9. The van der Waals surface area contributed by atoms with E-state index in [4.69, 9.17) is 16.0 Å². The summed E-state index contributed by atoms with van der Waals surface area (Å²) in [5, 5.41) is -0.134. The van der Waals surface area contributed by atoms with E-state index in [2.05, 4.69) is 9.97 Å². The van der Waals surface area contributed by atoms with E-state index in [0.717, 1.165) is 36.5 Å². The van der Waals surface area contributed by atoms with Gasteiger partial charge in [0.15, 0.2) is 5.58 Å². The zero-order valence-electron chi connectivity index (χ0n) is 16.4. The van der Waals surface area contributed by atoms with Crippen LogP contribution in [0.1, 0.15) is 21.6 Å². The smallest absolute Gasteiger partial charge is 0.407 e. The third kappa shape index (κ3) is 4.39. The molecule has 0 fully saturated rings. The molecule has 0 spiro atoms. The molecule has 0 aliphatic carbocycles. The number of ketones is 1. The van der Waals surface area contributed by atoms with Crippen LogP contribution in [-0.4, -0.2) is 24.2 Å². The van der Waals surface area contributed by atoms with Gasteiger partial charge in [0.1, 0.15) is 17.1 Å². The SMILES string of the molecule is O=C(c1ncc(Cl)cc1NS(=O)(=O)c1cccc(C(F)(F)F)c1)c1c(F)ccc2[nH]c(=O)oc12. The summed E-state index contributed by atoms with van der Waals surface area (Å²) in [6.45, 7) is 0. The molecule has 0 amide bonds.